The molecular formula is C19H27N5O4. The number of amides is 1. The molecule has 1 aromatic carbocycles. The van der Waals surface area contributed by atoms with Crippen LogP contribution in [0, 0.1) is 24.0 Å². The van der Waals surface area contributed by atoms with Crippen LogP contribution in [0.3, 0.4) is 0 Å². The lowest BCUT2D eigenvalue weighted by molar-refractivity contribution is -0.386. The standard InChI is InChI=1S/C19H27N5O4/c1-5-22(6-2)11-12-28-17-10-8-7-9-16(17)20-18(25)13-23-15(4)19(24(26)27)14(3)21-23/h7-10H,5-6,11-13H2,1-4H3,(H,20,25). The highest BCUT2D eigenvalue weighted by molar-refractivity contribution is 5.92. The van der Waals surface area contributed by atoms with E-state index in [0.717, 1.165) is 19.6 Å². The van der Waals surface area contributed by atoms with Crippen molar-refractivity contribution < 1.29 is 14.5 Å². The Kier molecular flexibility index (Phi) is 7.51. The van der Waals surface area contributed by atoms with Crippen molar-refractivity contribution in [3.05, 3.63) is 45.8 Å². The van der Waals surface area contributed by atoms with Crippen molar-refractivity contribution in [3.63, 3.8) is 0 Å². The lowest BCUT2D eigenvalue weighted by atomic mass is 10.3. The van der Waals surface area contributed by atoms with Crippen molar-refractivity contribution >= 4 is 17.3 Å². The summed E-state index contributed by atoms with van der Waals surface area (Å²) in [6.45, 7) is 10.4. The van der Waals surface area contributed by atoms with E-state index in [-0.39, 0.29) is 23.8 Å². The quantitative estimate of drug-likeness (QED) is 0.495. The Hall–Kier alpha value is -2.94. The molecule has 0 spiro atoms. The highest BCUT2D eigenvalue weighted by atomic mass is 16.6. The first-order chi connectivity index (χ1) is 13.4. The Bertz CT molecular complexity index is 830. The molecule has 0 atom stereocenters. The fourth-order valence-electron chi connectivity index (χ4n) is 2.95. The molecular weight excluding hydrogens is 362 g/mol. The van der Waals surface area contributed by atoms with E-state index in [0.29, 0.717) is 23.7 Å². The van der Waals surface area contributed by atoms with Crippen LogP contribution in [0.2, 0.25) is 0 Å². The minimum Gasteiger partial charge on any atom is -0.490 e. The van der Waals surface area contributed by atoms with Gasteiger partial charge in [-0.3, -0.25) is 19.6 Å². The van der Waals surface area contributed by atoms with Crippen molar-refractivity contribution in [2.24, 2.45) is 0 Å². The van der Waals surface area contributed by atoms with E-state index >= 15 is 0 Å². The number of likely N-dealkylation sites (N-methyl/N-ethyl adjacent to an activating group) is 1. The van der Waals surface area contributed by atoms with Crippen molar-refractivity contribution in [1.29, 1.82) is 0 Å². The zero-order valence-electron chi connectivity index (χ0n) is 16.8. The number of nitrogens with one attached hydrogen (secondary N) is 1. The SMILES string of the molecule is CCN(CC)CCOc1ccccc1NC(=O)Cn1nc(C)c([N+](=O)[O-])c1C. The molecule has 9 nitrogen and oxygen atoms in total. The van der Waals surface area contributed by atoms with Crippen LogP contribution >= 0.6 is 0 Å². The van der Waals surface area contributed by atoms with Crippen LogP contribution in [0.5, 0.6) is 5.75 Å². The van der Waals surface area contributed by atoms with Gasteiger partial charge in [-0.15, -0.1) is 0 Å². The number of aromatic nitrogens is 2. The van der Waals surface area contributed by atoms with Gasteiger partial charge >= 0.3 is 5.69 Å². The fraction of sp³-hybridized carbons (Fsp3) is 0.474. The van der Waals surface area contributed by atoms with Crippen LogP contribution in [0.25, 0.3) is 0 Å². The average Bonchev–Trinajstić information content (AvgIpc) is 2.93. The summed E-state index contributed by atoms with van der Waals surface area (Å²) in [5, 5.41) is 18.0. The van der Waals surface area contributed by atoms with Crippen LogP contribution in [0.15, 0.2) is 24.3 Å². The summed E-state index contributed by atoms with van der Waals surface area (Å²) in [4.78, 5) is 25.3. The molecule has 0 aliphatic heterocycles. The molecule has 0 bridgehead atoms. The lowest BCUT2D eigenvalue weighted by Gasteiger charge is -2.19. The second-order valence-electron chi connectivity index (χ2n) is 6.35. The number of nitrogens with zero attached hydrogens (tertiary/aromatic N) is 4. The average molecular weight is 389 g/mol. The van der Waals surface area contributed by atoms with Gasteiger partial charge in [-0.25, -0.2) is 0 Å². The summed E-state index contributed by atoms with van der Waals surface area (Å²) >= 11 is 0. The number of ether oxygens (including phenoxy) is 1. The highest BCUT2D eigenvalue weighted by Gasteiger charge is 2.23. The number of carbonyl (C=O) groups excluding carboxylic acids is 1. The maximum absolute atomic E-state index is 12.4. The summed E-state index contributed by atoms with van der Waals surface area (Å²) < 4.78 is 7.17. The largest absolute Gasteiger partial charge is 0.490 e. The van der Waals surface area contributed by atoms with E-state index in [4.69, 9.17) is 4.74 Å². The van der Waals surface area contributed by atoms with E-state index in [1.807, 2.05) is 6.07 Å². The third-order valence-corrected chi connectivity index (χ3v) is 4.54. The maximum Gasteiger partial charge on any atom is 0.312 e. The molecule has 1 heterocycles. The van der Waals surface area contributed by atoms with Crippen molar-refractivity contribution in [2.75, 3.05) is 31.6 Å². The minimum atomic E-state index is -0.481. The molecule has 28 heavy (non-hydrogen) atoms. The van der Waals surface area contributed by atoms with Gasteiger partial charge in [0.2, 0.25) is 5.91 Å². The second-order valence-corrected chi connectivity index (χ2v) is 6.35. The molecule has 0 unspecified atom stereocenters. The number of aryl methyl sites for hydroxylation is 1. The van der Waals surface area contributed by atoms with E-state index in [1.54, 1.807) is 32.0 Å². The topological polar surface area (TPSA) is 103 Å². The number of carbonyl (C=O) groups is 1. The van der Waals surface area contributed by atoms with Gasteiger partial charge in [-0.05, 0) is 39.1 Å². The van der Waals surface area contributed by atoms with Gasteiger partial charge < -0.3 is 15.0 Å². The molecule has 0 saturated carbocycles. The number of anilines is 1. The number of rotatable bonds is 10. The number of hydrogen-bond acceptors (Lipinski definition) is 6. The predicted octanol–water partition coefficient (Wildman–Crippen LogP) is 2.77. The van der Waals surface area contributed by atoms with Crippen LogP contribution in [0.1, 0.15) is 25.2 Å². The first-order valence-electron chi connectivity index (χ1n) is 9.29. The molecule has 1 amide bonds. The van der Waals surface area contributed by atoms with Crippen molar-refractivity contribution in [1.82, 2.24) is 14.7 Å². The number of nitro groups is 1. The molecule has 2 rings (SSSR count). The molecule has 2 aromatic rings. The Labute approximate surface area is 164 Å². The van der Waals surface area contributed by atoms with Gasteiger partial charge in [-0.1, -0.05) is 26.0 Å². The van der Waals surface area contributed by atoms with Crippen LogP contribution in [-0.4, -0.2) is 51.8 Å². The predicted molar refractivity (Wildman–Crippen MR) is 107 cm³/mol. The number of benzene rings is 1. The summed E-state index contributed by atoms with van der Waals surface area (Å²) in [7, 11) is 0. The van der Waals surface area contributed by atoms with E-state index in [2.05, 4.69) is 29.2 Å². The molecule has 1 N–H and O–H groups in total. The van der Waals surface area contributed by atoms with Crippen LogP contribution in [-0.2, 0) is 11.3 Å². The van der Waals surface area contributed by atoms with Crippen LogP contribution in [0.4, 0.5) is 11.4 Å². The molecule has 0 aliphatic rings. The molecule has 1 aromatic heterocycles. The Morgan fingerprint density at radius 3 is 2.57 bits per heavy atom. The fourth-order valence-corrected chi connectivity index (χ4v) is 2.95. The van der Waals surface area contributed by atoms with E-state index in [1.165, 1.54) is 4.68 Å². The van der Waals surface area contributed by atoms with E-state index < -0.39 is 4.92 Å². The van der Waals surface area contributed by atoms with Gasteiger partial charge in [0.25, 0.3) is 0 Å². The van der Waals surface area contributed by atoms with Gasteiger partial charge in [0, 0.05) is 6.54 Å². The maximum atomic E-state index is 12.4. The van der Waals surface area contributed by atoms with Crippen molar-refractivity contribution in [3.8, 4) is 5.75 Å². The van der Waals surface area contributed by atoms with E-state index in [9.17, 15) is 14.9 Å². The molecule has 0 fully saturated rings. The Balaban J connectivity index is 2.03. The number of hydrogen-bond donors (Lipinski definition) is 1. The van der Waals surface area contributed by atoms with Gasteiger partial charge in [0.05, 0.1) is 10.6 Å². The zero-order chi connectivity index (χ0) is 20.7. The first-order valence-corrected chi connectivity index (χ1v) is 9.29. The molecule has 0 aliphatic carbocycles. The van der Waals surface area contributed by atoms with Gasteiger partial charge in [0.1, 0.15) is 30.3 Å². The lowest BCUT2D eigenvalue weighted by Crippen LogP contribution is -2.28. The Morgan fingerprint density at radius 1 is 1.29 bits per heavy atom. The normalized spacial score (nSPS) is 10.9. The summed E-state index contributed by atoms with van der Waals surface area (Å²) in [5.74, 6) is 0.252. The smallest absolute Gasteiger partial charge is 0.312 e. The zero-order valence-corrected chi connectivity index (χ0v) is 16.8. The van der Waals surface area contributed by atoms with Gasteiger partial charge in [-0.2, -0.15) is 5.10 Å². The van der Waals surface area contributed by atoms with Gasteiger partial charge in [0.15, 0.2) is 0 Å². The summed E-state index contributed by atoms with van der Waals surface area (Å²) in [6.07, 6.45) is 0. The number of para-hydroxylation sites is 2. The first kappa shape index (κ1) is 21.4. The molecule has 152 valence electrons. The van der Waals surface area contributed by atoms with Crippen molar-refractivity contribution in [2.45, 2.75) is 34.2 Å². The highest BCUT2D eigenvalue weighted by Crippen LogP contribution is 2.25. The monoisotopic (exact) mass is 389 g/mol. The minimum absolute atomic E-state index is 0.0621. The molecule has 0 radical (unpaired) electrons. The third-order valence-electron chi connectivity index (χ3n) is 4.54. The second kappa shape index (κ2) is 9.84. The third kappa shape index (κ3) is 5.29. The molecule has 0 saturated heterocycles. The Morgan fingerprint density at radius 2 is 1.96 bits per heavy atom. The molecule has 9 heteroatoms. The van der Waals surface area contributed by atoms with Crippen LogP contribution < -0.4 is 10.1 Å². The summed E-state index contributed by atoms with van der Waals surface area (Å²) in [6, 6.07) is 7.20. The summed E-state index contributed by atoms with van der Waals surface area (Å²) in [5.41, 5.74) is 1.13.